The highest BCUT2D eigenvalue weighted by Crippen LogP contribution is 1.99. The summed E-state index contributed by atoms with van der Waals surface area (Å²) in [7, 11) is 0. The van der Waals surface area contributed by atoms with Crippen molar-refractivity contribution in [1.29, 1.82) is 0 Å². The summed E-state index contributed by atoms with van der Waals surface area (Å²) in [5, 5.41) is 2.74. The Morgan fingerprint density at radius 2 is 2.38 bits per heavy atom. The van der Waals surface area contributed by atoms with E-state index < -0.39 is 0 Å². The molecule has 0 unspecified atom stereocenters. The lowest BCUT2D eigenvalue weighted by Gasteiger charge is -1.90. The molecule has 0 aromatic carbocycles. The number of rotatable bonds is 5. The Kier molecular flexibility index (Phi) is 6.91. The van der Waals surface area contributed by atoms with E-state index in [0.717, 1.165) is 17.9 Å². The Bertz CT molecular complexity index is 58.4. The van der Waals surface area contributed by atoms with Gasteiger partial charge in [0.1, 0.15) is 0 Å². The van der Waals surface area contributed by atoms with E-state index in [1.807, 2.05) is 11.8 Å². The predicted octanol–water partition coefficient (Wildman–Crippen LogP) is 1.90. The fraction of sp³-hybridized carbons (Fsp3) is 1.00. The second-order valence-corrected chi connectivity index (χ2v) is 2.80. The fourth-order valence-electron chi connectivity index (χ4n) is 0.375. The third-order valence-electron chi connectivity index (χ3n) is 0.742. The molecule has 8 heavy (non-hydrogen) atoms. The van der Waals surface area contributed by atoms with Gasteiger partial charge in [-0.05, 0) is 17.9 Å². The van der Waals surface area contributed by atoms with E-state index >= 15 is 0 Å². The van der Waals surface area contributed by atoms with E-state index in [0.29, 0.717) is 6.54 Å². The smallest absolute Gasteiger partial charge is 0.0819 e. The van der Waals surface area contributed by atoms with Gasteiger partial charge in [-0.3, -0.25) is 0 Å². The molecule has 0 heterocycles. The van der Waals surface area contributed by atoms with Crippen molar-refractivity contribution in [2.24, 2.45) is 5.18 Å². The molecule has 0 aromatic heterocycles. The first-order valence-electron chi connectivity index (χ1n) is 2.78. The minimum Gasteiger partial charge on any atom is -0.162 e. The molecule has 2 nitrogen and oxygen atoms in total. The minimum absolute atomic E-state index is 0.479. The van der Waals surface area contributed by atoms with E-state index in [1.54, 1.807) is 0 Å². The van der Waals surface area contributed by atoms with Gasteiger partial charge in [0.2, 0.25) is 0 Å². The van der Waals surface area contributed by atoms with Gasteiger partial charge in [-0.15, -0.1) is 0 Å². The van der Waals surface area contributed by atoms with Crippen molar-refractivity contribution in [3.05, 3.63) is 4.91 Å². The molecule has 0 aliphatic carbocycles. The maximum Gasteiger partial charge on any atom is 0.0819 e. The van der Waals surface area contributed by atoms with E-state index in [1.165, 1.54) is 0 Å². The molecule has 0 atom stereocenters. The highest BCUT2D eigenvalue weighted by Gasteiger charge is 1.84. The van der Waals surface area contributed by atoms with Crippen molar-refractivity contribution in [3.8, 4) is 0 Å². The summed E-state index contributed by atoms with van der Waals surface area (Å²) >= 11 is 1.85. The van der Waals surface area contributed by atoms with Crippen LogP contribution in [-0.2, 0) is 0 Å². The van der Waals surface area contributed by atoms with Gasteiger partial charge >= 0.3 is 0 Å². The molecule has 0 amide bonds. The molecule has 0 spiro atoms. The van der Waals surface area contributed by atoms with Crippen LogP contribution in [0.2, 0.25) is 0 Å². The quantitative estimate of drug-likeness (QED) is 0.423. The van der Waals surface area contributed by atoms with Gasteiger partial charge in [0, 0.05) is 0 Å². The highest BCUT2D eigenvalue weighted by atomic mass is 32.2. The standard InChI is InChI=1S/C5H11NOS/c1-2-8-5-3-4-6-7/h2-5H2,1H3. The minimum atomic E-state index is 0.479. The van der Waals surface area contributed by atoms with Gasteiger partial charge < -0.3 is 0 Å². The van der Waals surface area contributed by atoms with Crippen molar-refractivity contribution >= 4 is 11.8 Å². The van der Waals surface area contributed by atoms with Gasteiger partial charge in [-0.2, -0.15) is 16.7 Å². The summed E-state index contributed by atoms with van der Waals surface area (Å²) in [5.74, 6) is 2.21. The fourth-order valence-corrected chi connectivity index (χ4v) is 0.997. The zero-order valence-electron chi connectivity index (χ0n) is 5.09. The molecule has 0 radical (unpaired) electrons. The molecule has 0 aliphatic rings. The molecule has 0 aromatic rings. The average Bonchev–Trinajstić information content (AvgIpc) is 1.81. The average molecular weight is 133 g/mol. The van der Waals surface area contributed by atoms with Crippen LogP contribution in [-0.4, -0.2) is 18.1 Å². The normalized spacial score (nSPS) is 9.12. The van der Waals surface area contributed by atoms with Crippen LogP contribution >= 0.6 is 11.8 Å². The molecular weight excluding hydrogens is 122 g/mol. The van der Waals surface area contributed by atoms with Gasteiger partial charge in [-0.1, -0.05) is 12.1 Å². The van der Waals surface area contributed by atoms with Crippen molar-refractivity contribution in [1.82, 2.24) is 0 Å². The Balaban J connectivity index is 2.62. The Hall–Kier alpha value is -0.0500. The summed E-state index contributed by atoms with van der Waals surface area (Å²) in [5.41, 5.74) is 0. The lowest BCUT2D eigenvalue weighted by atomic mass is 10.5. The first-order chi connectivity index (χ1) is 3.91. The van der Waals surface area contributed by atoms with E-state index in [4.69, 9.17) is 0 Å². The van der Waals surface area contributed by atoms with E-state index in [2.05, 4.69) is 12.1 Å². The van der Waals surface area contributed by atoms with Gasteiger partial charge in [0.05, 0.1) is 6.54 Å². The van der Waals surface area contributed by atoms with Crippen LogP contribution < -0.4 is 0 Å². The van der Waals surface area contributed by atoms with Crippen molar-refractivity contribution < 1.29 is 0 Å². The van der Waals surface area contributed by atoms with Crippen LogP contribution in [0.3, 0.4) is 0 Å². The lowest BCUT2D eigenvalue weighted by Crippen LogP contribution is -1.82. The topological polar surface area (TPSA) is 29.4 Å². The number of nitroso groups, excluding NO2 is 1. The SMILES string of the molecule is CCSCCCN=O. The number of nitrogens with zero attached hydrogens (tertiary/aromatic N) is 1. The third-order valence-corrected chi connectivity index (χ3v) is 1.73. The molecule has 0 saturated heterocycles. The molecule has 0 bridgehead atoms. The summed E-state index contributed by atoms with van der Waals surface area (Å²) in [6.45, 7) is 2.59. The molecule has 0 aliphatic heterocycles. The summed E-state index contributed by atoms with van der Waals surface area (Å²) < 4.78 is 0. The van der Waals surface area contributed by atoms with Crippen molar-refractivity contribution in [3.63, 3.8) is 0 Å². The number of hydrogen-bond donors (Lipinski definition) is 0. The lowest BCUT2D eigenvalue weighted by molar-refractivity contribution is 0.936. The van der Waals surface area contributed by atoms with Crippen LogP contribution in [0.25, 0.3) is 0 Å². The van der Waals surface area contributed by atoms with E-state index in [9.17, 15) is 4.91 Å². The maximum absolute atomic E-state index is 9.51. The van der Waals surface area contributed by atoms with Crippen LogP contribution in [0.5, 0.6) is 0 Å². The third kappa shape index (κ3) is 5.95. The number of thioether (sulfide) groups is 1. The monoisotopic (exact) mass is 133 g/mol. The van der Waals surface area contributed by atoms with Crippen molar-refractivity contribution in [2.75, 3.05) is 18.1 Å². The Morgan fingerprint density at radius 1 is 1.62 bits per heavy atom. The summed E-state index contributed by atoms with van der Waals surface area (Å²) in [4.78, 5) is 9.51. The van der Waals surface area contributed by atoms with Crippen LogP contribution in [0.4, 0.5) is 0 Å². The summed E-state index contributed by atoms with van der Waals surface area (Å²) in [6.07, 6.45) is 0.933. The number of hydrogen-bond acceptors (Lipinski definition) is 3. The van der Waals surface area contributed by atoms with Gasteiger partial charge in [0.25, 0.3) is 0 Å². The Morgan fingerprint density at radius 3 is 2.88 bits per heavy atom. The van der Waals surface area contributed by atoms with Crippen LogP contribution in [0.15, 0.2) is 5.18 Å². The molecule has 0 rings (SSSR count). The Labute approximate surface area is 54.0 Å². The second kappa shape index (κ2) is 6.95. The zero-order valence-corrected chi connectivity index (χ0v) is 5.91. The van der Waals surface area contributed by atoms with Crippen LogP contribution in [0, 0.1) is 4.91 Å². The zero-order chi connectivity index (χ0) is 6.24. The van der Waals surface area contributed by atoms with Crippen molar-refractivity contribution in [2.45, 2.75) is 13.3 Å². The molecule has 0 fully saturated rings. The predicted molar refractivity (Wildman–Crippen MR) is 38.3 cm³/mol. The van der Waals surface area contributed by atoms with Gasteiger partial charge in [-0.25, -0.2) is 0 Å². The van der Waals surface area contributed by atoms with E-state index in [-0.39, 0.29) is 0 Å². The summed E-state index contributed by atoms with van der Waals surface area (Å²) in [6, 6.07) is 0. The molecule has 0 saturated carbocycles. The first-order valence-corrected chi connectivity index (χ1v) is 3.94. The highest BCUT2D eigenvalue weighted by molar-refractivity contribution is 7.99. The second-order valence-electron chi connectivity index (χ2n) is 1.40. The molecule has 48 valence electrons. The first kappa shape index (κ1) is 7.95. The van der Waals surface area contributed by atoms with Gasteiger partial charge in [0.15, 0.2) is 0 Å². The largest absolute Gasteiger partial charge is 0.162 e. The molecular formula is C5H11NOS. The molecule has 3 heteroatoms. The molecule has 0 N–H and O–H groups in total. The van der Waals surface area contributed by atoms with Crippen LogP contribution in [0.1, 0.15) is 13.3 Å². The maximum atomic E-state index is 9.51.